The van der Waals surface area contributed by atoms with Crippen molar-refractivity contribution in [1.29, 1.82) is 5.26 Å². The number of benzene rings is 1. The van der Waals surface area contributed by atoms with Gasteiger partial charge in [0.1, 0.15) is 6.54 Å². The predicted molar refractivity (Wildman–Crippen MR) is 88.3 cm³/mol. The summed E-state index contributed by atoms with van der Waals surface area (Å²) >= 11 is 12.3. The highest BCUT2D eigenvalue weighted by Crippen LogP contribution is 2.43. The Morgan fingerprint density at radius 3 is 2.65 bits per heavy atom. The van der Waals surface area contributed by atoms with Gasteiger partial charge in [0.2, 0.25) is 11.8 Å². The van der Waals surface area contributed by atoms with Crippen LogP contribution in [0.15, 0.2) is 12.1 Å². The number of nitriles is 1. The second-order valence-corrected chi connectivity index (χ2v) is 6.43. The molecule has 1 aliphatic rings. The molecule has 2 unspecified atom stereocenters. The fourth-order valence-electron chi connectivity index (χ4n) is 3.21. The van der Waals surface area contributed by atoms with Crippen LogP contribution in [0.2, 0.25) is 10.0 Å². The Kier molecular flexibility index (Phi) is 5.86. The number of nitrogens with one attached hydrogen (secondary N) is 1. The summed E-state index contributed by atoms with van der Waals surface area (Å²) in [5.41, 5.74) is 6.30. The van der Waals surface area contributed by atoms with Gasteiger partial charge >= 0.3 is 0 Å². The molecule has 0 aliphatic heterocycles. The van der Waals surface area contributed by atoms with E-state index in [0.29, 0.717) is 22.0 Å². The number of carbonyl (C=O) groups excluding carboxylic acids is 2. The van der Waals surface area contributed by atoms with Crippen LogP contribution in [0.3, 0.4) is 0 Å². The normalized spacial score (nSPS) is 20.6. The number of rotatable bonds is 4. The van der Waals surface area contributed by atoms with Crippen molar-refractivity contribution < 1.29 is 9.59 Å². The predicted octanol–water partition coefficient (Wildman–Crippen LogP) is 3.01. The van der Waals surface area contributed by atoms with Gasteiger partial charge in [-0.2, -0.15) is 5.26 Å². The van der Waals surface area contributed by atoms with E-state index in [1.54, 1.807) is 6.07 Å². The van der Waals surface area contributed by atoms with Crippen LogP contribution in [-0.2, 0) is 4.79 Å². The van der Waals surface area contributed by atoms with Gasteiger partial charge in [0, 0.05) is 21.5 Å². The Bertz CT molecular complexity index is 670. The first-order valence-corrected chi connectivity index (χ1v) is 8.14. The third-order valence-corrected chi connectivity index (χ3v) is 4.71. The first kappa shape index (κ1) is 17.6. The Morgan fingerprint density at radius 1 is 1.30 bits per heavy atom. The number of halogens is 2. The van der Waals surface area contributed by atoms with Crippen LogP contribution >= 0.6 is 23.2 Å². The minimum absolute atomic E-state index is 0.0426. The van der Waals surface area contributed by atoms with Crippen LogP contribution in [0.1, 0.15) is 47.5 Å². The summed E-state index contributed by atoms with van der Waals surface area (Å²) in [5, 5.41) is 11.9. The number of primary amides is 1. The molecule has 5 nitrogen and oxygen atoms in total. The quantitative estimate of drug-likeness (QED) is 0.814. The molecule has 1 fully saturated rings. The van der Waals surface area contributed by atoms with Gasteiger partial charge < -0.3 is 11.1 Å². The van der Waals surface area contributed by atoms with Crippen LogP contribution in [0.4, 0.5) is 0 Å². The van der Waals surface area contributed by atoms with Crippen molar-refractivity contribution in [2.75, 3.05) is 6.54 Å². The lowest BCUT2D eigenvalue weighted by Gasteiger charge is -2.32. The number of nitrogens with two attached hydrogens (primary N) is 1. The lowest BCUT2D eigenvalue weighted by Crippen LogP contribution is -2.36. The van der Waals surface area contributed by atoms with E-state index >= 15 is 0 Å². The largest absolute Gasteiger partial charge is 0.366 e. The van der Waals surface area contributed by atoms with Crippen molar-refractivity contribution in [2.45, 2.75) is 31.6 Å². The monoisotopic (exact) mass is 353 g/mol. The average Bonchev–Trinajstić information content (AvgIpc) is 2.52. The van der Waals surface area contributed by atoms with Crippen molar-refractivity contribution in [3.8, 4) is 6.07 Å². The van der Waals surface area contributed by atoms with Gasteiger partial charge in [-0.05, 0) is 36.5 Å². The molecule has 7 heteroatoms. The number of hydrogen-bond donors (Lipinski definition) is 2. The van der Waals surface area contributed by atoms with Gasteiger partial charge in [-0.3, -0.25) is 9.59 Å². The highest BCUT2D eigenvalue weighted by Gasteiger charge is 2.35. The Hall–Kier alpha value is -1.77. The third kappa shape index (κ3) is 3.95. The van der Waals surface area contributed by atoms with Crippen molar-refractivity contribution >= 4 is 35.0 Å². The third-order valence-electron chi connectivity index (χ3n) is 4.17. The minimum atomic E-state index is -0.619. The van der Waals surface area contributed by atoms with E-state index in [2.05, 4.69) is 5.32 Å². The number of hydrogen-bond acceptors (Lipinski definition) is 3. The molecule has 0 heterocycles. The smallest absolute Gasteiger partial charge is 0.249 e. The Labute approximate surface area is 144 Å². The molecule has 2 rings (SSSR count). The van der Waals surface area contributed by atoms with Crippen LogP contribution in [0.25, 0.3) is 0 Å². The molecule has 0 saturated heterocycles. The van der Waals surface area contributed by atoms with Gasteiger partial charge in [0.25, 0.3) is 0 Å². The molecule has 1 saturated carbocycles. The van der Waals surface area contributed by atoms with Crippen molar-refractivity contribution in [2.24, 2.45) is 11.7 Å². The number of amides is 2. The standard InChI is InChI=1S/C16H17Cl2N3O2/c17-9-7-12(15(20)22)14(13(18)8-9)10-3-1-2-4-11(10)16(23)21-6-5-19/h7-8,10-11H,1-4,6H2,(H2,20,22)(H,21,23). The first-order valence-electron chi connectivity index (χ1n) is 7.39. The highest BCUT2D eigenvalue weighted by molar-refractivity contribution is 6.35. The zero-order chi connectivity index (χ0) is 17.0. The molecular formula is C16H17Cl2N3O2. The molecule has 1 aromatic rings. The summed E-state index contributed by atoms with van der Waals surface area (Å²) in [5.74, 6) is -1.37. The van der Waals surface area contributed by atoms with Gasteiger partial charge in [0.15, 0.2) is 0 Å². The van der Waals surface area contributed by atoms with Crippen molar-refractivity contribution in [3.63, 3.8) is 0 Å². The second-order valence-electron chi connectivity index (χ2n) is 5.59. The molecule has 122 valence electrons. The summed E-state index contributed by atoms with van der Waals surface area (Å²) in [6.07, 6.45) is 3.26. The number of nitrogens with zero attached hydrogens (tertiary/aromatic N) is 1. The summed E-state index contributed by atoms with van der Waals surface area (Å²) in [4.78, 5) is 24.1. The molecule has 1 aromatic carbocycles. The molecule has 0 bridgehead atoms. The fraction of sp³-hybridized carbons (Fsp3) is 0.438. The SMILES string of the molecule is N#CCNC(=O)C1CCCCC1c1c(Cl)cc(Cl)cc1C(N)=O. The molecule has 2 atom stereocenters. The minimum Gasteiger partial charge on any atom is -0.366 e. The summed E-state index contributed by atoms with van der Waals surface area (Å²) in [7, 11) is 0. The van der Waals surface area contributed by atoms with E-state index in [1.165, 1.54) is 6.07 Å². The van der Waals surface area contributed by atoms with Crippen molar-refractivity contribution in [1.82, 2.24) is 5.32 Å². The maximum absolute atomic E-state index is 12.4. The molecule has 23 heavy (non-hydrogen) atoms. The van der Waals surface area contributed by atoms with E-state index in [4.69, 9.17) is 34.2 Å². The van der Waals surface area contributed by atoms with E-state index in [9.17, 15) is 9.59 Å². The summed E-state index contributed by atoms with van der Waals surface area (Å²) in [6.45, 7) is -0.0426. The molecule has 2 amide bonds. The van der Waals surface area contributed by atoms with E-state index in [1.807, 2.05) is 6.07 Å². The summed E-state index contributed by atoms with van der Waals surface area (Å²) < 4.78 is 0. The van der Waals surface area contributed by atoms with Crippen LogP contribution in [0.5, 0.6) is 0 Å². The average molecular weight is 354 g/mol. The maximum Gasteiger partial charge on any atom is 0.249 e. The highest BCUT2D eigenvalue weighted by atomic mass is 35.5. The lowest BCUT2D eigenvalue weighted by molar-refractivity contribution is -0.126. The zero-order valence-electron chi connectivity index (χ0n) is 12.4. The molecule has 3 N–H and O–H groups in total. The van der Waals surface area contributed by atoms with Gasteiger partial charge in [-0.15, -0.1) is 0 Å². The topological polar surface area (TPSA) is 96.0 Å². The Morgan fingerprint density at radius 2 is 2.00 bits per heavy atom. The lowest BCUT2D eigenvalue weighted by atomic mass is 9.73. The van der Waals surface area contributed by atoms with Gasteiger partial charge in [0.05, 0.1) is 6.07 Å². The van der Waals surface area contributed by atoms with E-state index in [-0.39, 0.29) is 29.9 Å². The summed E-state index contributed by atoms with van der Waals surface area (Å²) in [6, 6.07) is 4.94. The Balaban J connectivity index is 2.43. The van der Waals surface area contributed by atoms with E-state index in [0.717, 1.165) is 19.3 Å². The zero-order valence-corrected chi connectivity index (χ0v) is 14.0. The van der Waals surface area contributed by atoms with Gasteiger partial charge in [-0.1, -0.05) is 36.0 Å². The molecule has 0 radical (unpaired) electrons. The first-order chi connectivity index (χ1) is 11.0. The maximum atomic E-state index is 12.4. The molecule has 1 aliphatic carbocycles. The van der Waals surface area contributed by atoms with Crippen LogP contribution in [0, 0.1) is 17.2 Å². The van der Waals surface area contributed by atoms with Crippen LogP contribution < -0.4 is 11.1 Å². The molecular weight excluding hydrogens is 337 g/mol. The molecule has 0 aromatic heterocycles. The van der Waals surface area contributed by atoms with E-state index < -0.39 is 5.91 Å². The molecule has 0 spiro atoms. The van der Waals surface area contributed by atoms with Crippen LogP contribution in [-0.4, -0.2) is 18.4 Å². The fourth-order valence-corrected chi connectivity index (χ4v) is 3.85. The van der Waals surface area contributed by atoms with Crippen molar-refractivity contribution in [3.05, 3.63) is 33.3 Å². The number of carbonyl (C=O) groups is 2. The van der Waals surface area contributed by atoms with Gasteiger partial charge in [-0.25, -0.2) is 0 Å². The second kappa shape index (κ2) is 7.67.